The molecule has 7 nitrogen and oxygen atoms in total. The predicted molar refractivity (Wildman–Crippen MR) is 71.4 cm³/mol. The van der Waals surface area contributed by atoms with E-state index in [1.165, 1.54) is 18.2 Å². The first-order valence-corrected chi connectivity index (χ1v) is 5.93. The molecule has 0 fully saturated rings. The van der Waals surface area contributed by atoms with Gasteiger partial charge in [-0.05, 0) is 37.6 Å². The maximum atomic E-state index is 11.7. The van der Waals surface area contributed by atoms with Crippen LogP contribution in [-0.4, -0.2) is 35.6 Å². The van der Waals surface area contributed by atoms with Gasteiger partial charge in [0.1, 0.15) is 0 Å². The molecule has 0 saturated heterocycles. The molecule has 108 valence electrons. The van der Waals surface area contributed by atoms with Gasteiger partial charge in [-0.3, -0.25) is 4.79 Å². The van der Waals surface area contributed by atoms with Gasteiger partial charge in [0.2, 0.25) is 0 Å². The Morgan fingerprint density at radius 2 is 2.05 bits per heavy atom. The third kappa shape index (κ3) is 3.79. The van der Waals surface area contributed by atoms with Crippen molar-refractivity contribution in [3.05, 3.63) is 29.3 Å². The van der Waals surface area contributed by atoms with E-state index in [1.54, 1.807) is 13.8 Å². The highest BCUT2D eigenvalue weighted by atomic mass is 16.5. The Labute approximate surface area is 115 Å². The number of esters is 1. The molecule has 1 atom stereocenters. The molecule has 0 radical (unpaired) electrons. The van der Waals surface area contributed by atoms with Crippen LogP contribution in [0.4, 0.5) is 5.69 Å². The highest BCUT2D eigenvalue weighted by molar-refractivity contribution is 6.08. The average molecular weight is 280 g/mol. The molecule has 4 N–H and O–H groups in total. The van der Waals surface area contributed by atoms with E-state index in [0.717, 1.165) is 0 Å². The number of amides is 1. The van der Waals surface area contributed by atoms with Gasteiger partial charge in [-0.2, -0.15) is 0 Å². The summed E-state index contributed by atoms with van der Waals surface area (Å²) in [6.45, 7) is 3.34. The maximum Gasteiger partial charge on any atom is 0.335 e. The number of carbonyl (C=O) groups excluding carboxylic acids is 2. The first-order chi connectivity index (χ1) is 9.36. The number of anilines is 1. The molecule has 0 aliphatic rings. The molecule has 0 heterocycles. The van der Waals surface area contributed by atoms with Crippen LogP contribution in [-0.2, 0) is 14.3 Å². The summed E-state index contributed by atoms with van der Waals surface area (Å²) in [5, 5.41) is 11.3. The second-order valence-electron chi connectivity index (χ2n) is 4.05. The number of rotatable bonds is 5. The van der Waals surface area contributed by atoms with Crippen molar-refractivity contribution in [2.45, 2.75) is 19.9 Å². The quantitative estimate of drug-likeness (QED) is 0.534. The van der Waals surface area contributed by atoms with Gasteiger partial charge < -0.3 is 20.9 Å². The number of carboxylic acid groups (broad SMARTS) is 1. The minimum absolute atomic E-state index is 0.131. The topological polar surface area (TPSA) is 119 Å². The van der Waals surface area contributed by atoms with Crippen LogP contribution in [0.1, 0.15) is 22.8 Å². The summed E-state index contributed by atoms with van der Waals surface area (Å²) in [4.78, 5) is 33.9. The highest BCUT2D eigenvalue weighted by Crippen LogP contribution is 2.15. The number of aromatic carboxylic acids is 1. The number of carboxylic acids is 1. The van der Waals surface area contributed by atoms with E-state index < -0.39 is 23.9 Å². The minimum atomic E-state index is -1.42. The lowest BCUT2D eigenvalue weighted by Gasteiger charge is -2.12. The van der Waals surface area contributed by atoms with E-state index in [0.29, 0.717) is 11.3 Å². The number of nitrogens with one attached hydrogen (secondary N) is 1. The van der Waals surface area contributed by atoms with Crippen LogP contribution in [0.3, 0.4) is 0 Å². The summed E-state index contributed by atoms with van der Waals surface area (Å²) in [6, 6.07) is 2.85. The van der Waals surface area contributed by atoms with Crippen LogP contribution in [0.15, 0.2) is 18.2 Å². The first kappa shape index (κ1) is 15.6. The second kappa shape index (κ2) is 6.67. The van der Waals surface area contributed by atoms with Crippen molar-refractivity contribution in [1.29, 1.82) is 0 Å². The molecule has 0 bridgehead atoms. The molecule has 0 aliphatic heterocycles. The normalized spacial score (nSPS) is 11.6. The summed E-state index contributed by atoms with van der Waals surface area (Å²) >= 11 is 0. The molecule has 0 aromatic heterocycles. The molecule has 1 rings (SSSR count). The molecular weight excluding hydrogens is 264 g/mol. The Kier molecular flexibility index (Phi) is 5.22. The van der Waals surface area contributed by atoms with Crippen molar-refractivity contribution in [1.82, 2.24) is 0 Å². The van der Waals surface area contributed by atoms with Crippen molar-refractivity contribution >= 4 is 23.5 Å². The Morgan fingerprint density at radius 3 is 2.55 bits per heavy atom. The molecule has 0 saturated carbocycles. The van der Waals surface area contributed by atoms with Crippen LogP contribution in [0.25, 0.3) is 0 Å². The van der Waals surface area contributed by atoms with Gasteiger partial charge >= 0.3 is 11.9 Å². The Bertz CT molecular complexity index is 542. The van der Waals surface area contributed by atoms with Crippen LogP contribution >= 0.6 is 0 Å². The van der Waals surface area contributed by atoms with Gasteiger partial charge in [0, 0.05) is 5.69 Å². The SMILES string of the molecule is CCOC(=O)C(N)C(=O)Nc1ccc(C(=O)O)c(C)c1. The number of hydrogen-bond donors (Lipinski definition) is 3. The number of hydrogen-bond acceptors (Lipinski definition) is 5. The van der Waals surface area contributed by atoms with Crippen molar-refractivity contribution in [3.8, 4) is 0 Å². The van der Waals surface area contributed by atoms with Gasteiger partial charge in [0.25, 0.3) is 5.91 Å². The van der Waals surface area contributed by atoms with Crippen LogP contribution < -0.4 is 11.1 Å². The van der Waals surface area contributed by atoms with E-state index in [1.807, 2.05) is 0 Å². The lowest BCUT2D eigenvalue weighted by atomic mass is 10.1. The van der Waals surface area contributed by atoms with Gasteiger partial charge in [-0.25, -0.2) is 9.59 Å². The fourth-order valence-corrected chi connectivity index (χ4v) is 1.54. The number of benzene rings is 1. The van der Waals surface area contributed by atoms with Gasteiger partial charge in [0.05, 0.1) is 12.2 Å². The van der Waals surface area contributed by atoms with Crippen LogP contribution in [0.2, 0.25) is 0 Å². The highest BCUT2D eigenvalue weighted by Gasteiger charge is 2.23. The number of ether oxygens (including phenoxy) is 1. The number of carbonyl (C=O) groups is 3. The van der Waals surface area contributed by atoms with Crippen molar-refractivity contribution in [2.75, 3.05) is 11.9 Å². The maximum absolute atomic E-state index is 11.7. The molecular formula is C13H16N2O5. The molecule has 0 aliphatic carbocycles. The fourth-order valence-electron chi connectivity index (χ4n) is 1.54. The van der Waals surface area contributed by atoms with E-state index in [2.05, 4.69) is 10.1 Å². The summed E-state index contributed by atoms with van der Waals surface area (Å²) < 4.78 is 4.63. The Balaban J connectivity index is 2.79. The van der Waals surface area contributed by atoms with Gasteiger partial charge in [0.15, 0.2) is 6.04 Å². The first-order valence-electron chi connectivity index (χ1n) is 5.93. The molecule has 1 amide bonds. The number of nitrogens with two attached hydrogens (primary N) is 1. The van der Waals surface area contributed by atoms with Gasteiger partial charge in [-0.1, -0.05) is 0 Å². The van der Waals surface area contributed by atoms with E-state index in [4.69, 9.17) is 10.8 Å². The summed E-state index contributed by atoms with van der Waals surface area (Å²) in [5.41, 5.74) is 6.41. The summed E-state index contributed by atoms with van der Waals surface area (Å²) in [7, 11) is 0. The van der Waals surface area contributed by atoms with Crippen molar-refractivity contribution < 1.29 is 24.2 Å². The van der Waals surface area contributed by atoms with E-state index in [-0.39, 0.29) is 12.2 Å². The standard InChI is InChI=1S/C13H16N2O5/c1-3-20-13(19)10(14)11(16)15-8-4-5-9(12(17)18)7(2)6-8/h4-6,10H,3,14H2,1-2H3,(H,15,16)(H,17,18). The molecule has 1 unspecified atom stereocenters. The molecule has 1 aromatic rings. The van der Waals surface area contributed by atoms with Gasteiger partial charge in [-0.15, -0.1) is 0 Å². The predicted octanol–water partition coefficient (Wildman–Crippen LogP) is 0.522. The monoisotopic (exact) mass is 280 g/mol. The van der Waals surface area contributed by atoms with Crippen LogP contribution in [0, 0.1) is 6.92 Å². The third-order valence-electron chi connectivity index (χ3n) is 2.55. The molecule has 7 heteroatoms. The third-order valence-corrected chi connectivity index (χ3v) is 2.55. The van der Waals surface area contributed by atoms with E-state index >= 15 is 0 Å². The van der Waals surface area contributed by atoms with Crippen LogP contribution in [0.5, 0.6) is 0 Å². The summed E-state index contributed by atoms with van der Waals surface area (Å²) in [5.74, 6) is -2.58. The smallest absolute Gasteiger partial charge is 0.335 e. The average Bonchev–Trinajstić information content (AvgIpc) is 2.37. The largest absolute Gasteiger partial charge is 0.478 e. The zero-order valence-electron chi connectivity index (χ0n) is 11.2. The molecule has 20 heavy (non-hydrogen) atoms. The Hall–Kier alpha value is -2.41. The van der Waals surface area contributed by atoms with E-state index in [9.17, 15) is 14.4 Å². The lowest BCUT2D eigenvalue weighted by Crippen LogP contribution is -2.43. The van der Waals surface area contributed by atoms with Crippen molar-refractivity contribution in [3.63, 3.8) is 0 Å². The number of aryl methyl sites for hydroxylation is 1. The zero-order chi connectivity index (χ0) is 15.3. The summed E-state index contributed by atoms with van der Waals surface area (Å²) in [6.07, 6.45) is 0. The zero-order valence-corrected chi connectivity index (χ0v) is 11.2. The minimum Gasteiger partial charge on any atom is -0.478 e. The second-order valence-corrected chi connectivity index (χ2v) is 4.05. The molecule has 0 spiro atoms. The fraction of sp³-hybridized carbons (Fsp3) is 0.308. The lowest BCUT2D eigenvalue weighted by molar-refractivity contribution is -0.146. The molecule has 1 aromatic carbocycles. The Morgan fingerprint density at radius 1 is 1.40 bits per heavy atom. The van der Waals surface area contributed by atoms with Crippen molar-refractivity contribution in [2.24, 2.45) is 5.73 Å².